The molecule has 1 aromatic rings. The van der Waals surface area contributed by atoms with Crippen molar-refractivity contribution in [2.75, 3.05) is 26.7 Å². The fourth-order valence-corrected chi connectivity index (χ4v) is 1.93. The van der Waals surface area contributed by atoms with Crippen LogP contribution in [0, 0.1) is 0 Å². The average molecular weight is 198 g/mol. The SMILES string of the molecule is CN(CCCN)CCc1cccs1. The largest absolute Gasteiger partial charge is 0.330 e. The zero-order valence-electron chi connectivity index (χ0n) is 8.20. The number of nitrogens with zero attached hydrogens (tertiary/aromatic N) is 1. The minimum Gasteiger partial charge on any atom is -0.330 e. The Balaban J connectivity index is 2.11. The zero-order chi connectivity index (χ0) is 9.52. The van der Waals surface area contributed by atoms with E-state index in [2.05, 4.69) is 29.5 Å². The van der Waals surface area contributed by atoms with Crippen LogP contribution in [-0.4, -0.2) is 31.6 Å². The van der Waals surface area contributed by atoms with Crippen LogP contribution in [0.25, 0.3) is 0 Å². The average Bonchev–Trinajstić information content (AvgIpc) is 2.64. The van der Waals surface area contributed by atoms with Crippen LogP contribution < -0.4 is 5.73 Å². The van der Waals surface area contributed by atoms with Gasteiger partial charge < -0.3 is 10.6 Å². The molecule has 0 spiro atoms. The van der Waals surface area contributed by atoms with Crippen LogP contribution in [0.4, 0.5) is 0 Å². The van der Waals surface area contributed by atoms with Gasteiger partial charge in [-0.25, -0.2) is 0 Å². The van der Waals surface area contributed by atoms with E-state index in [9.17, 15) is 0 Å². The highest BCUT2D eigenvalue weighted by Crippen LogP contribution is 2.09. The summed E-state index contributed by atoms with van der Waals surface area (Å²) in [4.78, 5) is 3.81. The standard InChI is InChI=1S/C10H18N2S/c1-12(7-3-6-11)8-5-10-4-2-9-13-10/h2,4,9H,3,5-8,11H2,1H3. The molecular formula is C10H18N2S. The molecule has 2 nitrogen and oxygen atoms in total. The van der Waals surface area contributed by atoms with Gasteiger partial charge in [-0.1, -0.05) is 6.07 Å². The van der Waals surface area contributed by atoms with E-state index in [4.69, 9.17) is 5.73 Å². The summed E-state index contributed by atoms with van der Waals surface area (Å²) >= 11 is 1.84. The third-order valence-electron chi connectivity index (χ3n) is 2.06. The molecular weight excluding hydrogens is 180 g/mol. The molecule has 0 aliphatic heterocycles. The highest BCUT2D eigenvalue weighted by atomic mass is 32.1. The fraction of sp³-hybridized carbons (Fsp3) is 0.600. The molecule has 0 saturated carbocycles. The molecule has 1 rings (SSSR count). The molecule has 0 aromatic carbocycles. The van der Waals surface area contributed by atoms with Crippen molar-refractivity contribution in [3.63, 3.8) is 0 Å². The molecule has 13 heavy (non-hydrogen) atoms. The third kappa shape index (κ3) is 4.41. The van der Waals surface area contributed by atoms with Crippen molar-refractivity contribution in [1.29, 1.82) is 0 Å². The molecule has 0 fully saturated rings. The monoisotopic (exact) mass is 198 g/mol. The number of hydrogen-bond acceptors (Lipinski definition) is 3. The Kier molecular flexibility index (Phi) is 5.05. The summed E-state index contributed by atoms with van der Waals surface area (Å²) in [5.41, 5.74) is 5.44. The molecule has 1 aromatic heterocycles. The summed E-state index contributed by atoms with van der Waals surface area (Å²) in [5.74, 6) is 0. The van der Waals surface area contributed by atoms with Crippen LogP contribution in [0.15, 0.2) is 17.5 Å². The minimum absolute atomic E-state index is 0.795. The van der Waals surface area contributed by atoms with Crippen LogP contribution in [0.5, 0.6) is 0 Å². The predicted molar refractivity (Wildman–Crippen MR) is 59.2 cm³/mol. The molecule has 0 bridgehead atoms. The molecule has 0 amide bonds. The first-order chi connectivity index (χ1) is 6.33. The van der Waals surface area contributed by atoms with E-state index >= 15 is 0 Å². The molecule has 3 heteroatoms. The maximum absolute atomic E-state index is 5.44. The molecule has 1 heterocycles. The van der Waals surface area contributed by atoms with Gasteiger partial charge in [-0.15, -0.1) is 11.3 Å². The Morgan fingerprint density at radius 1 is 1.46 bits per heavy atom. The van der Waals surface area contributed by atoms with E-state index < -0.39 is 0 Å². The van der Waals surface area contributed by atoms with Crippen molar-refractivity contribution in [3.8, 4) is 0 Å². The summed E-state index contributed by atoms with van der Waals surface area (Å²) in [7, 11) is 2.16. The van der Waals surface area contributed by atoms with Crippen LogP contribution in [0.3, 0.4) is 0 Å². The summed E-state index contributed by atoms with van der Waals surface area (Å²) in [6.07, 6.45) is 2.26. The van der Waals surface area contributed by atoms with Gasteiger partial charge in [0.05, 0.1) is 0 Å². The van der Waals surface area contributed by atoms with Crippen molar-refractivity contribution >= 4 is 11.3 Å². The van der Waals surface area contributed by atoms with E-state index in [1.165, 1.54) is 11.3 Å². The topological polar surface area (TPSA) is 29.3 Å². The number of likely N-dealkylation sites (N-methyl/N-ethyl adjacent to an activating group) is 1. The van der Waals surface area contributed by atoms with Crippen LogP contribution >= 0.6 is 11.3 Å². The van der Waals surface area contributed by atoms with Crippen molar-refractivity contribution < 1.29 is 0 Å². The lowest BCUT2D eigenvalue weighted by Crippen LogP contribution is -2.23. The lowest BCUT2D eigenvalue weighted by atomic mass is 10.3. The molecule has 0 aliphatic rings. The lowest BCUT2D eigenvalue weighted by molar-refractivity contribution is 0.336. The Hall–Kier alpha value is -0.380. The fourth-order valence-electron chi connectivity index (χ4n) is 1.23. The summed E-state index contributed by atoms with van der Waals surface area (Å²) in [6, 6.07) is 4.31. The Bertz CT molecular complexity index is 209. The van der Waals surface area contributed by atoms with Crippen molar-refractivity contribution in [1.82, 2.24) is 4.90 Å². The van der Waals surface area contributed by atoms with Crippen molar-refractivity contribution in [3.05, 3.63) is 22.4 Å². The number of nitrogens with two attached hydrogens (primary N) is 1. The Morgan fingerprint density at radius 3 is 2.92 bits per heavy atom. The van der Waals surface area contributed by atoms with Gasteiger partial charge in [-0.3, -0.25) is 0 Å². The molecule has 0 saturated heterocycles. The van der Waals surface area contributed by atoms with E-state index in [1.807, 2.05) is 11.3 Å². The minimum atomic E-state index is 0.795. The van der Waals surface area contributed by atoms with Gasteiger partial charge in [-0.2, -0.15) is 0 Å². The zero-order valence-corrected chi connectivity index (χ0v) is 9.02. The van der Waals surface area contributed by atoms with Gasteiger partial charge in [-0.05, 0) is 44.4 Å². The molecule has 0 radical (unpaired) electrons. The summed E-state index contributed by atoms with van der Waals surface area (Å²) < 4.78 is 0. The molecule has 0 atom stereocenters. The second-order valence-electron chi connectivity index (χ2n) is 3.27. The van der Waals surface area contributed by atoms with Gasteiger partial charge in [0.2, 0.25) is 0 Å². The second kappa shape index (κ2) is 6.13. The quantitative estimate of drug-likeness (QED) is 0.752. The first-order valence-corrected chi connectivity index (χ1v) is 5.62. The van der Waals surface area contributed by atoms with Crippen LogP contribution in [0.1, 0.15) is 11.3 Å². The van der Waals surface area contributed by atoms with Crippen molar-refractivity contribution in [2.45, 2.75) is 12.8 Å². The predicted octanol–water partition coefficient (Wildman–Crippen LogP) is 1.57. The molecule has 0 aliphatic carbocycles. The molecule has 2 N–H and O–H groups in total. The second-order valence-corrected chi connectivity index (χ2v) is 4.31. The summed E-state index contributed by atoms with van der Waals surface area (Å²) in [6.45, 7) is 3.05. The van der Waals surface area contributed by atoms with E-state index in [0.29, 0.717) is 0 Å². The third-order valence-corrected chi connectivity index (χ3v) is 3.00. The molecule has 74 valence electrons. The maximum atomic E-state index is 5.44. The van der Waals surface area contributed by atoms with Gasteiger partial charge in [0, 0.05) is 11.4 Å². The summed E-state index contributed by atoms with van der Waals surface area (Å²) in [5, 5.41) is 2.13. The highest BCUT2D eigenvalue weighted by Gasteiger charge is 1.98. The highest BCUT2D eigenvalue weighted by molar-refractivity contribution is 7.09. The molecule has 0 unspecified atom stereocenters. The first-order valence-electron chi connectivity index (χ1n) is 4.74. The van der Waals surface area contributed by atoms with Crippen molar-refractivity contribution in [2.24, 2.45) is 5.73 Å². The Labute approximate surface area is 84.4 Å². The number of rotatable bonds is 6. The smallest absolute Gasteiger partial charge is 0.00579 e. The van der Waals surface area contributed by atoms with E-state index in [1.54, 1.807) is 0 Å². The van der Waals surface area contributed by atoms with E-state index in [-0.39, 0.29) is 0 Å². The maximum Gasteiger partial charge on any atom is 0.00579 e. The van der Waals surface area contributed by atoms with Gasteiger partial charge in [0.15, 0.2) is 0 Å². The van der Waals surface area contributed by atoms with Gasteiger partial charge >= 0.3 is 0 Å². The van der Waals surface area contributed by atoms with Crippen LogP contribution in [-0.2, 0) is 6.42 Å². The van der Waals surface area contributed by atoms with Gasteiger partial charge in [0.25, 0.3) is 0 Å². The Morgan fingerprint density at radius 2 is 2.31 bits per heavy atom. The van der Waals surface area contributed by atoms with E-state index in [0.717, 1.165) is 26.1 Å². The normalized spacial score (nSPS) is 11.0. The van der Waals surface area contributed by atoms with Gasteiger partial charge in [0.1, 0.15) is 0 Å². The number of thiophene rings is 1. The lowest BCUT2D eigenvalue weighted by Gasteiger charge is -2.14. The number of hydrogen-bond donors (Lipinski definition) is 1. The van der Waals surface area contributed by atoms with Crippen LogP contribution in [0.2, 0.25) is 0 Å². The first kappa shape index (κ1) is 10.7.